The summed E-state index contributed by atoms with van der Waals surface area (Å²) >= 11 is 5.13. The van der Waals surface area contributed by atoms with Gasteiger partial charge >= 0.3 is 0 Å². The van der Waals surface area contributed by atoms with Gasteiger partial charge in [-0.2, -0.15) is 0 Å². The van der Waals surface area contributed by atoms with E-state index in [0.29, 0.717) is 11.4 Å². The number of thiocarbonyl (C=S) groups is 1. The Labute approximate surface area is 117 Å². The molecule has 3 nitrogen and oxygen atoms in total. The van der Waals surface area contributed by atoms with E-state index in [-0.39, 0.29) is 5.17 Å². The average molecular weight is 268 g/mol. The van der Waals surface area contributed by atoms with E-state index in [9.17, 15) is 0 Å². The summed E-state index contributed by atoms with van der Waals surface area (Å²) in [6.45, 7) is 8.89. The summed E-state index contributed by atoms with van der Waals surface area (Å²) < 4.78 is 5.47. The van der Waals surface area contributed by atoms with Gasteiger partial charge < -0.3 is 10.1 Å². The lowest BCUT2D eigenvalue weighted by atomic mass is 10.2. The molecule has 2 rings (SSSR count). The van der Waals surface area contributed by atoms with Crippen molar-refractivity contribution in [3.63, 3.8) is 0 Å². The molecular formula is C15H12N2OS. The Morgan fingerprint density at radius 2 is 1.95 bits per heavy atom. The Morgan fingerprint density at radius 3 is 2.58 bits per heavy atom. The van der Waals surface area contributed by atoms with E-state index in [1.165, 1.54) is 0 Å². The van der Waals surface area contributed by atoms with E-state index in [1.807, 2.05) is 43.3 Å². The molecule has 0 aromatic heterocycles. The Bertz CT molecular complexity index is 632. The molecule has 19 heavy (non-hydrogen) atoms. The molecule has 2 aromatic carbocycles. The molecule has 0 saturated carbocycles. The minimum atomic E-state index is 0.279. The van der Waals surface area contributed by atoms with Crippen LogP contribution in [0.25, 0.3) is 4.85 Å². The van der Waals surface area contributed by atoms with Crippen molar-refractivity contribution in [2.75, 3.05) is 5.32 Å². The summed E-state index contributed by atoms with van der Waals surface area (Å²) in [5, 5.41) is 3.27. The molecule has 0 unspecified atom stereocenters. The number of anilines is 1. The highest BCUT2D eigenvalue weighted by Gasteiger charge is 2.03. The second-order valence-corrected chi connectivity index (χ2v) is 4.31. The first-order chi connectivity index (χ1) is 9.19. The fourth-order valence-electron chi connectivity index (χ4n) is 1.60. The van der Waals surface area contributed by atoms with Crippen LogP contribution < -0.4 is 10.1 Å². The lowest BCUT2D eigenvalue weighted by Crippen LogP contribution is -2.16. The second kappa shape index (κ2) is 5.98. The van der Waals surface area contributed by atoms with Crippen molar-refractivity contribution >= 4 is 28.8 Å². The van der Waals surface area contributed by atoms with Crippen LogP contribution in [0.3, 0.4) is 0 Å². The summed E-state index contributed by atoms with van der Waals surface area (Å²) in [5.74, 6) is 0.689. The minimum absolute atomic E-state index is 0.279. The van der Waals surface area contributed by atoms with Gasteiger partial charge in [0, 0.05) is 5.69 Å². The predicted octanol–water partition coefficient (Wildman–Crippen LogP) is 4.32. The van der Waals surface area contributed by atoms with Crippen LogP contribution in [0.2, 0.25) is 0 Å². The van der Waals surface area contributed by atoms with Gasteiger partial charge in [-0.3, -0.25) is 0 Å². The zero-order valence-corrected chi connectivity index (χ0v) is 11.2. The molecule has 0 radical (unpaired) electrons. The fraction of sp³-hybridized carbons (Fsp3) is 0.0667. The van der Waals surface area contributed by atoms with Gasteiger partial charge in [0.15, 0.2) is 5.69 Å². The lowest BCUT2D eigenvalue weighted by Gasteiger charge is -2.10. The van der Waals surface area contributed by atoms with Crippen LogP contribution in [-0.2, 0) is 0 Å². The van der Waals surface area contributed by atoms with Crippen molar-refractivity contribution in [2.45, 2.75) is 6.92 Å². The van der Waals surface area contributed by atoms with E-state index >= 15 is 0 Å². The SMILES string of the molecule is [C-]#[N+]c1ccc(NC(=S)Oc2ccccc2)cc1C. The van der Waals surface area contributed by atoms with Gasteiger partial charge in [0.2, 0.25) is 0 Å². The standard InChI is InChI=1S/C15H12N2OS/c1-11-10-12(8-9-14(11)16-2)17-15(19)18-13-6-4-3-5-7-13/h3-10H,1H3,(H,17,19). The Hall–Kier alpha value is -2.38. The molecule has 0 aliphatic carbocycles. The Morgan fingerprint density at radius 1 is 1.21 bits per heavy atom. The van der Waals surface area contributed by atoms with E-state index in [2.05, 4.69) is 10.2 Å². The molecule has 4 heteroatoms. The molecular weight excluding hydrogens is 256 g/mol. The van der Waals surface area contributed by atoms with E-state index in [1.54, 1.807) is 12.1 Å². The van der Waals surface area contributed by atoms with E-state index in [4.69, 9.17) is 23.5 Å². The fourth-order valence-corrected chi connectivity index (χ4v) is 1.81. The number of aryl methyl sites for hydroxylation is 1. The number of rotatable bonds is 2. The number of nitrogens with zero attached hydrogens (tertiary/aromatic N) is 1. The number of para-hydroxylation sites is 1. The van der Waals surface area contributed by atoms with Crippen LogP contribution in [-0.4, -0.2) is 5.17 Å². The zero-order valence-electron chi connectivity index (χ0n) is 10.4. The van der Waals surface area contributed by atoms with Crippen LogP contribution in [0, 0.1) is 13.5 Å². The highest BCUT2D eigenvalue weighted by molar-refractivity contribution is 7.80. The van der Waals surface area contributed by atoms with Crippen molar-refractivity contribution in [3.05, 3.63) is 65.5 Å². The first-order valence-corrected chi connectivity index (χ1v) is 6.12. The highest BCUT2D eigenvalue weighted by Crippen LogP contribution is 2.22. The van der Waals surface area contributed by atoms with Gasteiger partial charge in [0.05, 0.1) is 6.57 Å². The summed E-state index contributed by atoms with van der Waals surface area (Å²) in [7, 11) is 0. The monoisotopic (exact) mass is 268 g/mol. The molecule has 94 valence electrons. The molecule has 0 fully saturated rings. The highest BCUT2D eigenvalue weighted by atomic mass is 32.1. The molecule has 2 aromatic rings. The molecule has 0 saturated heterocycles. The van der Waals surface area contributed by atoms with Crippen molar-refractivity contribution in [1.82, 2.24) is 0 Å². The van der Waals surface area contributed by atoms with Crippen molar-refractivity contribution < 1.29 is 4.74 Å². The minimum Gasteiger partial charge on any atom is -0.432 e. The molecule has 0 atom stereocenters. The number of hydrogen-bond acceptors (Lipinski definition) is 2. The van der Waals surface area contributed by atoms with Crippen LogP contribution >= 0.6 is 12.2 Å². The maximum Gasteiger partial charge on any atom is 0.266 e. The van der Waals surface area contributed by atoms with Crippen molar-refractivity contribution in [1.29, 1.82) is 0 Å². The molecule has 0 bridgehead atoms. The van der Waals surface area contributed by atoms with Crippen LogP contribution in [0.4, 0.5) is 11.4 Å². The maximum atomic E-state index is 7.00. The normalized spacial score (nSPS) is 9.47. The maximum absolute atomic E-state index is 7.00. The van der Waals surface area contributed by atoms with Gasteiger partial charge in [-0.25, -0.2) is 4.85 Å². The first kappa shape index (κ1) is 13.1. The quantitative estimate of drug-likeness (QED) is 0.648. The molecule has 0 amide bonds. The number of benzene rings is 2. The summed E-state index contributed by atoms with van der Waals surface area (Å²) in [5.41, 5.74) is 2.36. The van der Waals surface area contributed by atoms with Gasteiger partial charge in [-0.05, 0) is 49.0 Å². The third-order valence-electron chi connectivity index (χ3n) is 2.52. The zero-order chi connectivity index (χ0) is 13.7. The summed E-state index contributed by atoms with van der Waals surface area (Å²) in [6.07, 6.45) is 0. The lowest BCUT2D eigenvalue weighted by molar-refractivity contribution is 0.563. The molecule has 0 aliphatic rings. The van der Waals surface area contributed by atoms with Gasteiger partial charge in [-0.15, -0.1) is 0 Å². The molecule has 0 spiro atoms. The third kappa shape index (κ3) is 3.54. The van der Waals surface area contributed by atoms with E-state index in [0.717, 1.165) is 11.3 Å². The molecule has 0 aliphatic heterocycles. The smallest absolute Gasteiger partial charge is 0.266 e. The Kier molecular flexibility index (Phi) is 4.11. The number of ether oxygens (including phenoxy) is 1. The topological polar surface area (TPSA) is 25.6 Å². The summed E-state index contributed by atoms with van der Waals surface area (Å²) in [4.78, 5) is 3.42. The largest absolute Gasteiger partial charge is 0.432 e. The molecule has 0 heterocycles. The number of hydrogen-bond donors (Lipinski definition) is 1. The number of nitrogens with one attached hydrogen (secondary N) is 1. The Balaban J connectivity index is 2.04. The van der Waals surface area contributed by atoms with Gasteiger partial charge in [0.25, 0.3) is 5.17 Å². The summed E-state index contributed by atoms with van der Waals surface area (Å²) in [6, 6.07) is 14.8. The van der Waals surface area contributed by atoms with Crippen molar-refractivity contribution in [2.24, 2.45) is 0 Å². The van der Waals surface area contributed by atoms with Crippen LogP contribution in [0.15, 0.2) is 48.5 Å². The first-order valence-electron chi connectivity index (χ1n) is 5.71. The van der Waals surface area contributed by atoms with E-state index < -0.39 is 0 Å². The second-order valence-electron chi connectivity index (χ2n) is 3.94. The predicted molar refractivity (Wildman–Crippen MR) is 80.7 cm³/mol. The third-order valence-corrected chi connectivity index (χ3v) is 2.70. The van der Waals surface area contributed by atoms with Crippen molar-refractivity contribution in [3.8, 4) is 5.75 Å². The average Bonchev–Trinajstić information content (AvgIpc) is 2.40. The molecule has 1 N–H and O–H groups in total. The van der Waals surface area contributed by atoms with Gasteiger partial charge in [0.1, 0.15) is 5.75 Å². The van der Waals surface area contributed by atoms with Crippen LogP contribution in [0.1, 0.15) is 5.56 Å². The van der Waals surface area contributed by atoms with Crippen LogP contribution in [0.5, 0.6) is 5.75 Å². The van der Waals surface area contributed by atoms with Gasteiger partial charge in [-0.1, -0.05) is 24.3 Å².